The van der Waals surface area contributed by atoms with Crippen LogP contribution in [0.15, 0.2) is 72.8 Å². The van der Waals surface area contributed by atoms with Crippen molar-refractivity contribution in [1.29, 1.82) is 0 Å². The van der Waals surface area contributed by atoms with Gasteiger partial charge in [-0.3, -0.25) is 4.90 Å². The summed E-state index contributed by atoms with van der Waals surface area (Å²) in [6, 6.07) is 18.8. The fraction of sp³-hybridized carbons (Fsp3) is 0.130. The van der Waals surface area contributed by atoms with Gasteiger partial charge in [0.1, 0.15) is 5.82 Å². The molecule has 9 heteroatoms. The van der Waals surface area contributed by atoms with E-state index < -0.39 is 11.8 Å². The van der Waals surface area contributed by atoms with Gasteiger partial charge in [0.15, 0.2) is 0 Å². The molecule has 0 aromatic heterocycles. The number of para-hydroxylation sites is 1. The first-order valence-corrected chi connectivity index (χ1v) is 10.6. The number of nitrogens with one attached hydrogen (secondary N) is 3. The smallest absolute Gasteiger partial charge is 0.326 e. The van der Waals surface area contributed by atoms with Crippen molar-refractivity contribution in [3.05, 3.63) is 88.7 Å². The summed E-state index contributed by atoms with van der Waals surface area (Å²) in [7, 11) is 0. The van der Waals surface area contributed by atoms with Crippen LogP contribution < -0.4 is 20.9 Å². The number of carbonyl (C=O) groups is 2. The molecule has 3 N–H and O–H groups in total. The maximum Gasteiger partial charge on any atom is 0.326 e. The van der Waals surface area contributed by atoms with Gasteiger partial charge in [0, 0.05) is 30.2 Å². The molecule has 3 aromatic carbocycles. The van der Waals surface area contributed by atoms with Gasteiger partial charge in [-0.2, -0.15) is 0 Å². The first-order valence-electron chi connectivity index (χ1n) is 9.81. The molecule has 32 heavy (non-hydrogen) atoms. The van der Waals surface area contributed by atoms with Gasteiger partial charge in [0.25, 0.3) is 0 Å². The van der Waals surface area contributed by atoms with E-state index in [1.54, 1.807) is 29.2 Å². The van der Waals surface area contributed by atoms with Crippen LogP contribution in [0.5, 0.6) is 0 Å². The molecule has 0 radical (unpaired) electrons. The SMILES string of the molecule is O=C(NCCCN(C(=O)Nc1ccc(Cl)c(Cl)c1)c1ccccc1)Nc1cccc(F)c1. The number of carbonyl (C=O) groups excluding carboxylic acids is 2. The van der Waals surface area contributed by atoms with Gasteiger partial charge in [0.05, 0.1) is 10.0 Å². The average Bonchev–Trinajstić information content (AvgIpc) is 2.77. The number of anilines is 3. The van der Waals surface area contributed by atoms with Gasteiger partial charge < -0.3 is 16.0 Å². The summed E-state index contributed by atoms with van der Waals surface area (Å²) in [5, 5.41) is 8.80. The van der Waals surface area contributed by atoms with E-state index in [1.807, 2.05) is 30.3 Å². The summed E-state index contributed by atoms with van der Waals surface area (Å²) in [6.07, 6.45) is 0.486. The summed E-state index contributed by atoms with van der Waals surface area (Å²) in [4.78, 5) is 26.5. The quantitative estimate of drug-likeness (QED) is 0.347. The lowest BCUT2D eigenvalue weighted by molar-refractivity contribution is 0.252. The molecule has 166 valence electrons. The molecular formula is C23H21Cl2FN4O2. The van der Waals surface area contributed by atoms with E-state index in [1.165, 1.54) is 18.2 Å². The molecule has 0 saturated carbocycles. The molecule has 0 aliphatic carbocycles. The Labute approximate surface area is 195 Å². The van der Waals surface area contributed by atoms with Crippen molar-refractivity contribution in [3.8, 4) is 0 Å². The Balaban J connectivity index is 1.57. The van der Waals surface area contributed by atoms with Crippen molar-refractivity contribution in [1.82, 2.24) is 5.32 Å². The average molecular weight is 475 g/mol. The summed E-state index contributed by atoms with van der Waals surface area (Å²) in [5.74, 6) is -0.436. The Morgan fingerprint density at radius 2 is 1.59 bits per heavy atom. The van der Waals surface area contributed by atoms with E-state index in [0.717, 1.165) is 0 Å². The van der Waals surface area contributed by atoms with Crippen molar-refractivity contribution in [2.45, 2.75) is 6.42 Å². The van der Waals surface area contributed by atoms with Gasteiger partial charge in [-0.15, -0.1) is 0 Å². The number of benzene rings is 3. The van der Waals surface area contributed by atoms with Gasteiger partial charge in [0.2, 0.25) is 0 Å². The first kappa shape index (κ1) is 23.4. The normalized spacial score (nSPS) is 10.3. The van der Waals surface area contributed by atoms with Crippen LogP contribution in [0.3, 0.4) is 0 Å². The minimum absolute atomic E-state index is 0.310. The zero-order valence-corrected chi connectivity index (χ0v) is 18.5. The monoisotopic (exact) mass is 474 g/mol. The summed E-state index contributed by atoms with van der Waals surface area (Å²) < 4.78 is 13.2. The number of urea groups is 2. The van der Waals surface area contributed by atoms with E-state index in [2.05, 4.69) is 16.0 Å². The summed E-state index contributed by atoms with van der Waals surface area (Å²) >= 11 is 12.0. The first-order chi connectivity index (χ1) is 15.4. The second-order valence-corrected chi connectivity index (χ2v) is 7.61. The number of hydrogen-bond acceptors (Lipinski definition) is 2. The molecule has 0 aliphatic heterocycles. The highest BCUT2D eigenvalue weighted by molar-refractivity contribution is 6.42. The summed E-state index contributed by atoms with van der Waals surface area (Å²) in [6.45, 7) is 0.655. The van der Waals surface area contributed by atoms with E-state index in [9.17, 15) is 14.0 Å². The van der Waals surface area contributed by atoms with Gasteiger partial charge in [-0.05, 0) is 55.0 Å². The standard InChI is InChI=1S/C23H21Cl2FN4O2/c24-20-11-10-18(15-21(20)25)29-23(32)30(19-8-2-1-3-9-19)13-5-12-27-22(31)28-17-7-4-6-16(26)14-17/h1-4,6-11,14-15H,5,12-13H2,(H,29,32)(H2,27,28,31). The molecule has 0 spiro atoms. The fourth-order valence-corrected chi connectivity index (χ4v) is 3.20. The van der Waals surface area contributed by atoms with Crippen LogP contribution in [0.25, 0.3) is 0 Å². The number of halogens is 3. The number of rotatable bonds is 7. The predicted octanol–water partition coefficient (Wildman–Crippen LogP) is 6.38. The third-order valence-electron chi connectivity index (χ3n) is 4.41. The van der Waals surface area contributed by atoms with Crippen molar-refractivity contribution < 1.29 is 14.0 Å². The van der Waals surface area contributed by atoms with Crippen LogP contribution in [-0.2, 0) is 0 Å². The van der Waals surface area contributed by atoms with Crippen LogP contribution in [0.1, 0.15) is 6.42 Å². The van der Waals surface area contributed by atoms with E-state index in [4.69, 9.17) is 23.2 Å². The second-order valence-electron chi connectivity index (χ2n) is 6.79. The largest absolute Gasteiger partial charge is 0.338 e. The van der Waals surface area contributed by atoms with Crippen LogP contribution in [0.4, 0.5) is 31.0 Å². The molecule has 0 heterocycles. The molecule has 3 rings (SSSR count). The van der Waals surface area contributed by atoms with Crippen molar-refractivity contribution >= 4 is 52.3 Å². The Hall–Kier alpha value is -3.29. The highest BCUT2D eigenvalue weighted by atomic mass is 35.5. The topological polar surface area (TPSA) is 73.5 Å². The number of nitrogens with zero attached hydrogens (tertiary/aromatic N) is 1. The zero-order chi connectivity index (χ0) is 22.9. The van der Waals surface area contributed by atoms with Crippen molar-refractivity contribution in [2.24, 2.45) is 0 Å². The minimum atomic E-state index is -0.456. The molecule has 6 nitrogen and oxygen atoms in total. The molecule has 0 saturated heterocycles. The minimum Gasteiger partial charge on any atom is -0.338 e. The molecular weight excluding hydrogens is 454 g/mol. The van der Waals surface area contributed by atoms with Crippen LogP contribution in [0.2, 0.25) is 10.0 Å². The Morgan fingerprint density at radius 3 is 2.31 bits per heavy atom. The molecule has 3 aromatic rings. The third-order valence-corrected chi connectivity index (χ3v) is 5.15. The molecule has 0 unspecified atom stereocenters. The highest BCUT2D eigenvalue weighted by Gasteiger charge is 2.16. The van der Waals surface area contributed by atoms with E-state index >= 15 is 0 Å². The van der Waals surface area contributed by atoms with Crippen molar-refractivity contribution in [3.63, 3.8) is 0 Å². The molecule has 0 bridgehead atoms. The molecule has 4 amide bonds. The van der Waals surface area contributed by atoms with Gasteiger partial charge in [-0.1, -0.05) is 47.5 Å². The number of amides is 4. The van der Waals surface area contributed by atoms with Crippen molar-refractivity contribution in [2.75, 3.05) is 28.6 Å². The Bertz CT molecular complexity index is 1080. The van der Waals surface area contributed by atoms with Gasteiger partial charge in [-0.25, -0.2) is 14.0 Å². The summed E-state index contributed by atoms with van der Waals surface area (Å²) in [5.41, 5.74) is 1.57. The molecule has 0 aliphatic rings. The maximum atomic E-state index is 13.2. The lowest BCUT2D eigenvalue weighted by Gasteiger charge is -2.23. The van der Waals surface area contributed by atoms with E-state index in [0.29, 0.717) is 46.6 Å². The van der Waals surface area contributed by atoms with Crippen LogP contribution in [-0.4, -0.2) is 25.2 Å². The van der Waals surface area contributed by atoms with Crippen LogP contribution in [0, 0.1) is 5.82 Å². The maximum absolute atomic E-state index is 13.2. The lowest BCUT2D eigenvalue weighted by Crippen LogP contribution is -2.38. The number of hydrogen-bond donors (Lipinski definition) is 3. The molecule has 0 atom stereocenters. The van der Waals surface area contributed by atoms with E-state index in [-0.39, 0.29) is 6.03 Å². The Morgan fingerprint density at radius 1 is 0.844 bits per heavy atom. The highest BCUT2D eigenvalue weighted by Crippen LogP contribution is 2.25. The fourth-order valence-electron chi connectivity index (χ4n) is 2.90. The predicted molar refractivity (Wildman–Crippen MR) is 127 cm³/mol. The lowest BCUT2D eigenvalue weighted by atomic mass is 10.2. The van der Waals surface area contributed by atoms with Gasteiger partial charge >= 0.3 is 12.1 Å². The van der Waals surface area contributed by atoms with Crippen LogP contribution >= 0.6 is 23.2 Å². The zero-order valence-electron chi connectivity index (χ0n) is 16.9. The second kappa shape index (κ2) is 11.4. The third kappa shape index (κ3) is 6.87. The Kier molecular flexibility index (Phi) is 8.30. The molecule has 0 fully saturated rings.